The number of halogens is 1. The van der Waals surface area contributed by atoms with Crippen LogP contribution in [0, 0.1) is 10.1 Å². The molecule has 92 valence electrons. The number of rotatable bonds is 3. The Labute approximate surface area is 104 Å². The maximum atomic E-state index is 10.9. The van der Waals surface area contributed by atoms with Crippen LogP contribution < -0.4 is 10.6 Å². The SMILES string of the molecule is O=[N+]([O-])c1cc(Cl)cnc1NC1CCCNC1. The maximum Gasteiger partial charge on any atom is 0.312 e. The zero-order chi connectivity index (χ0) is 12.3. The number of pyridine rings is 1. The summed E-state index contributed by atoms with van der Waals surface area (Å²) in [6, 6.07) is 1.49. The van der Waals surface area contributed by atoms with Gasteiger partial charge in [-0.15, -0.1) is 0 Å². The fraction of sp³-hybridized carbons (Fsp3) is 0.500. The van der Waals surface area contributed by atoms with Crippen LogP contribution in [0.3, 0.4) is 0 Å². The first-order valence-electron chi connectivity index (χ1n) is 5.44. The third-order valence-electron chi connectivity index (χ3n) is 2.67. The van der Waals surface area contributed by atoms with Crippen molar-refractivity contribution in [2.24, 2.45) is 0 Å². The highest BCUT2D eigenvalue weighted by Crippen LogP contribution is 2.26. The standard InChI is InChI=1S/C10H13ClN4O2/c11-7-4-9(15(16)17)10(13-5-7)14-8-2-1-3-12-6-8/h4-5,8,12H,1-3,6H2,(H,13,14). The molecule has 0 bridgehead atoms. The van der Waals surface area contributed by atoms with Crippen LogP contribution in [0.2, 0.25) is 5.02 Å². The molecule has 17 heavy (non-hydrogen) atoms. The summed E-state index contributed by atoms with van der Waals surface area (Å²) >= 11 is 5.70. The molecule has 1 unspecified atom stereocenters. The van der Waals surface area contributed by atoms with Gasteiger partial charge in [-0.1, -0.05) is 11.6 Å². The van der Waals surface area contributed by atoms with E-state index in [2.05, 4.69) is 15.6 Å². The third kappa shape index (κ3) is 3.04. The molecule has 0 aliphatic carbocycles. The Hall–Kier alpha value is -1.40. The summed E-state index contributed by atoms with van der Waals surface area (Å²) in [5.74, 6) is 0.285. The van der Waals surface area contributed by atoms with Gasteiger partial charge < -0.3 is 10.6 Å². The van der Waals surface area contributed by atoms with E-state index in [1.807, 2.05) is 0 Å². The van der Waals surface area contributed by atoms with Crippen LogP contribution in [0.5, 0.6) is 0 Å². The lowest BCUT2D eigenvalue weighted by molar-refractivity contribution is -0.384. The lowest BCUT2D eigenvalue weighted by Crippen LogP contribution is -2.38. The average Bonchev–Trinajstić information content (AvgIpc) is 2.32. The minimum atomic E-state index is -0.475. The lowest BCUT2D eigenvalue weighted by Gasteiger charge is -2.24. The smallest absolute Gasteiger partial charge is 0.312 e. The highest BCUT2D eigenvalue weighted by Gasteiger charge is 2.20. The molecule has 0 aromatic carbocycles. The fourth-order valence-electron chi connectivity index (χ4n) is 1.85. The van der Waals surface area contributed by atoms with Gasteiger partial charge in [-0.05, 0) is 19.4 Å². The molecule has 0 radical (unpaired) electrons. The Kier molecular flexibility index (Phi) is 3.75. The second-order valence-electron chi connectivity index (χ2n) is 3.97. The van der Waals surface area contributed by atoms with Crippen molar-refractivity contribution in [1.82, 2.24) is 10.3 Å². The molecule has 0 saturated carbocycles. The minimum Gasteiger partial charge on any atom is -0.360 e. The number of piperidine rings is 1. The minimum absolute atomic E-state index is 0.0805. The monoisotopic (exact) mass is 256 g/mol. The van der Waals surface area contributed by atoms with Crippen molar-refractivity contribution in [2.45, 2.75) is 18.9 Å². The molecule has 1 aromatic rings. The molecule has 1 aliphatic heterocycles. The lowest BCUT2D eigenvalue weighted by atomic mass is 10.1. The summed E-state index contributed by atoms with van der Waals surface area (Å²) in [6.07, 6.45) is 3.45. The first kappa shape index (κ1) is 12.1. The number of hydrogen-bond acceptors (Lipinski definition) is 5. The largest absolute Gasteiger partial charge is 0.360 e. The van der Waals surface area contributed by atoms with Crippen molar-refractivity contribution < 1.29 is 4.92 Å². The van der Waals surface area contributed by atoms with E-state index in [4.69, 9.17) is 11.6 Å². The van der Waals surface area contributed by atoms with Gasteiger partial charge in [0, 0.05) is 24.8 Å². The highest BCUT2D eigenvalue weighted by atomic mass is 35.5. The predicted molar refractivity (Wildman–Crippen MR) is 65.4 cm³/mol. The molecule has 6 nitrogen and oxygen atoms in total. The van der Waals surface area contributed by atoms with Gasteiger partial charge in [0.1, 0.15) is 0 Å². The quantitative estimate of drug-likeness (QED) is 0.637. The molecule has 7 heteroatoms. The summed E-state index contributed by atoms with van der Waals surface area (Å²) in [5.41, 5.74) is -0.0805. The number of nitrogens with one attached hydrogen (secondary N) is 2. The molecule has 1 fully saturated rings. The Morgan fingerprint density at radius 2 is 2.47 bits per heavy atom. The molecular weight excluding hydrogens is 244 g/mol. The van der Waals surface area contributed by atoms with Gasteiger partial charge in [0.2, 0.25) is 5.82 Å². The van der Waals surface area contributed by atoms with Crippen LogP contribution in [0.25, 0.3) is 0 Å². The van der Waals surface area contributed by atoms with Crippen LogP contribution in [0.4, 0.5) is 11.5 Å². The van der Waals surface area contributed by atoms with Gasteiger partial charge in [-0.25, -0.2) is 4.98 Å². The van der Waals surface area contributed by atoms with E-state index in [0.717, 1.165) is 25.9 Å². The van der Waals surface area contributed by atoms with Crippen molar-refractivity contribution in [3.05, 3.63) is 27.4 Å². The Balaban J connectivity index is 2.16. The molecule has 0 spiro atoms. The van der Waals surface area contributed by atoms with Crippen molar-refractivity contribution in [2.75, 3.05) is 18.4 Å². The van der Waals surface area contributed by atoms with Crippen LogP contribution in [0.15, 0.2) is 12.3 Å². The molecule has 1 saturated heterocycles. The topological polar surface area (TPSA) is 80.1 Å². The second-order valence-corrected chi connectivity index (χ2v) is 4.40. The Bertz CT molecular complexity index is 421. The number of nitro groups is 1. The summed E-state index contributed by atoms with van der Waals surface area (Å²) < 4.78 is 0. The van der Waals surface area contributed by atoms with E-state index in [1.54, 1.807) is 0 Å². The van der Waals surface area contributed by atoms with E-state index in [9.17, 15) is 10.1 Å². The summed E-state index contributed by atoms with van der Waals surface area (Å²) in [4.78, 5) is 14.4. The summed E-state index contributed by atoms with van der Waals surface area (Å²) in [7, 11) is 0. The molecule has 1 aliphatic rings. The summed E-state index contributed by atoms with van der Waals surface area (Å²) in [5, 5.41) is 17.4. The maximum absolute atomic E-state index is 10.9. The van der Waals surface area contributed by atoms with Crippen molar-refractivity contribution in [1.29, 1.82) is 0 Å². The Morgan fingerprint density at radius 1 is 1.65 bits per heavy atom. The first-order valence-corrected chi connectivity index (χ1v) is 5.82. The molecule has 0 amide bonds. The van der Waals surface area contributed by atoms with Gasteiger partial charge >= 0.3 is 5.69 Å². The average molecular weight is 257 g/mol. The Morgan fingerprint density at radius 3 is 3.12 bits per heavy atom. The number of hydrogen-bond donors (Lipinski definition) is 2. The molecule has 2 heterocycles. The zero-order valence-electron chi connectivity index (χ0n) is 9.15. The zero-order valence-corrected chi connectivity index (χ0v) is 9.91. The van der Waals surface area contributed by atoms with Gasteiger partial charge in [0.15, 0.2) is 0 Å². The van der Waals surface area contributed by atoms with Crippen molar-refractivity contribution in [3.63, 3.8) is 0 Å². The van der Waals surface area contributed by atoms with Crippen LogP contribution in [0.1, 0.15) is 12.8 Å². The van der Waals surface area contributed by atoms with E-state index in [1.165, 1.54) is 12.3 Å². The number of anilines is 1. The van der Waals surface area contributed by atoms with Crippen LogP contribution in [-0.4, -0.2) is 29.0 Å². The fourth-order valence-corrected chi connectivity index (χ4v) is 2.00. The van der Waals surface area contributed by atoms with Crippen LogP contribution >= 0.6 is 11.6 Å². The normalized spacial score (nSPS) is 19.9. The van der Waals surface area contributed by atoms with Crippen molar-refractivity contribution >= 4 is 23.1 Å². The molecular formula is C10H13ClN4O2. The molecule has 1 aromatic heterocycles. The third-order valence-corrected chi connectivity index (χ3v) is 2.88. The van der Waals surface area contributed by atoms with Gasteiger partial charge in [-0.3, -0.25) is 10.1 Å². The molecule has 2 rings (SSSR count). The van der Waals surface area contributed by atoms with Crippen molar-refractivity contribution in [3.8, 4) is 0 Å². The van der Waals surface area contributed by atoms with Gasteiger partial charge in [0.05, 0.1) is 9.95 Å². The number of nitrogens with zero attached hydrogens (tertiary/aromatic N) is 2. The second kappa shape index (κ2) is 5.29. The van der Waals surface area contributed by atoms with E-state index in [0.29, 0.717) is 0 Å². The van der Waals surface area contributed by atoms with E-state index < -0.39 is 4.92 Å². The predicted octanol–water partition coefficient (Wildman–Crippen LogP) is 1.81. The number of aromatic nitrogens is 1. The van der Waals surface area contributed by atoms with E-state index >= 15 is 0 Å². The van der Waals surface area contributed by atoms with Gasteiger partial charge in [-0.2, -0.15) is 0 Å². The van der Waals surface area contributed by atoms with E-state index in [-0.39, 0.29) is 22.6 Å². The first-order chi connectivity index (χ1) is 8.16. The highest BCUT2D eigenvalue weighted by molar-refractivity contribution is 6.30. The van der Waals surface area contributed by atoms with Crippen LogP contribution in [-0.2, 0) is 0 Å². The molecule has 2 N–H and O–H groups in total. The summed E-state index contributed by atoms with van der Waals surface area (Å²) in [6.45, 7) is 1.79. The van der Waals surface area contributed by atoms with Gasteiger partial charge in [0.25, 0.3) is 0 Å². The molecule has 1 atom stereocenters.